The Morgan fingerprint density at radius 2 is 1.93 bits per heavy atom. The number of nitrogens with one attached hydrogen (secondary N) is 1. The highest BCUT2D eigenvalue weighted by Crippen LogP contribution is 2.39. The summed E-state index contributed by atoms with van der Waals surface area (Å²) in [6.45, 7) is -0.0299. The number of Topliss-reactive ketones (excluding diaryl/α,β-unsaturated/α-hetero) is 1. The molecule has 0 spiro atoms. The molecule has 1 aromatic carbocycles. The lowest BCUT2D eigenvalue weighted by atomic mass is 10.1. The Hall–Kier alpha value is -2.19. The van der Waals surface area contributed by atoms with Crippen molar-refractivity contribution in [3.8, 4) is 0 Å². The number of halogens is 1. The van der Waals surface area contributed by atoms with Gasteiger partial charge in [0.1, 0.15) is 10.7 Å². The topological polar surface area (TPSA) is 66.5 Å². The van der Waals surface area contributed by atoms with Gasteiger partial charge in [0, 0.05) is 12.2 Å². The van der Waals surface area contributed by atoms with Gasteiger partial charge in [-0.25, -0.2) is 12.8 Å². The van der Waals surface area contributed by atoms with E-state index in [2.05, 4.69) is 5.32 Å². The maximum atomic E-state index is 13.6. The van der Waals surface area contributed by atoms with Gasteiger partial charge in [-0.3, -0.25) is 9.10 Å². The first-order valence-electron chi connectivity index (χ1n) is 9.82. The predicted molar refractivity (Wildman–Crippen MR) is 113 cm³/mol. The molecule has 0 saturated heterocycles. The van der Waals surface area contributed by atoms with Crippen LogP contribution in [0.3, 0.4) is 0 Å². The molecule has 29 heavy (non-hydrogen) atoms. The van der Waals surface area contributed by atoms with Crippen LogP contribution < -0.4 is 9.62 Å². The number of fused-ring (bicyclic) bond motifs is 1. The first-order chi connectivity index (χ1) is 14.0. The van der Waals surface area contributed by atoms with Crippen molar-refractivity contribution in [1.29, 1.82) is 0 Å². The van der Waals surface area contributed by atoms with Crippen molar-refractivity contribution in [3.05, 3.63) is 63.1 Å². The van der Waals surface area contributed by atoms with Crippen LogP contribution in [-0.4, -0.2) is 20.2 Å². The number of nitrogens with zero attached hydrogens (tertiary/aromatic N) is 1. The first-order valence-corrected chi connectivity index (χ1v) is 12.1. The zero-order valence-electron chi connectivity index (χ0n) is 15.9. The van der Waals surface area contributed by atoms with Crippen molar-refractivity contribution in [2.75, 3.05) is 4.31 Å². The highest BCUT2D eigenvalue weighted by molar-refractivity contribution is 7.97. The van der Waals surface area contributed by atoms with Crippen LogP contribution in [0.4, 0.5) is 10.1 Å². The van der Waals surface area contributed by atoms with Gasteiger partial charge in [0.05, 0.1) is 12.2 Å². The summed E-state index contributed by atoms with van der Waals surface area (Å²) in [7, 11) is -4.05. The van der Waals surface area contributed by atoms with Crippen molar-refractivity contribution < 1.29 is 17.6 Å². The number of hydrogen-bond acceptors (Lipinski definition) is 5. The predicted octanol–water partition coefficient (Wildman–Crippen LogP) is 4.57. The summed E-state index contributed by atoms with van der Waals surface area (Å²) in [5.41, 5.74) is 0.882. The maximum absolute atomic E-state index is 13.6. The van der Waals surface area contributed by atoms with Crippen molar-refractivity contribution in [2.24, 2.45) is 0 Å². The summed E-state index contributed by atoms with van der Waals surface area (Å²) in [5.74, 6) is -0.907. The van der Waals surface area contributed by atoms with Crippen LogP contribution >= 0.6 is 11.3 Å². The minimum Gasteiger partial charge on any atom is -0.387 e. The van der Waals surface area contributed by atoms with Crippen molar-refractivity contribution in [1.82, 2.24) is 5.32 Å². The maximum Gasteiger partial charge on any atom is 0.270 e. The third-order valence-electron chi connectivity index (χ3n) is 5.43. The molecule has 2 aliphatic rings. The molecule has 0 atom stereocenters. The molecule has 0 unspecified atom stereocenters. The van der Waals surface area contributed by atoms with Crippen molar-refractivity contribution in [2.45, 2.75) is 51.1 Å². The van der Waals surface area contributed by atoms with Gasteiger partial charge < -0.3 is 5.32 Å². The molecule has 1 N–H and O–H groups in total. The van der Waals surface area contributed by atoms with Crippen LogP contribution in [0.25, 0.3) is 0 Å². The molecule has 1 saturated carbocycles. The molecule has 2 aromatic rings. The van der Waals surface area contributed by atoms with E-state index in [4.69, 9.17) is 0 Å². The molecule has 0 amide bonds. The van der Waals surface area contributed by atoms with Gasteiger partial charge in [-0.1, -0.05) is 37.8 Å². The van der Waals surface area contributed by atoms with E-state index in [-0.39, 0.29) is 17.5 Å². The van der Waals surface area contributed by atoms with Crippen LogP contribution in [0, 0.1) is 5.82 Å². The molecule has 1 aliphatic heterocycles. The number of ketones is 1. The second-order valence-electron chi connectivity index (χ2n) is 7.47. The second-order valence-corrected chi connectivity index (χ2v) is 10.2. The van der Waals surface area contributed by atoms with Gasteiger partial charge >= 0.3 is 0 Å². The Labute approximate surface area is 174 Å². The lowest BCUT2D eigenvalue weighted by Gasteiger charge is -2.29. The van der Waals surface area contributed by atoms with Crippen LogP contribution in [0.15, 0.2) is 46.8 Å². The van der Waals surface area contributed by atoms with E-state index in [1.807, 2.05) is 0 Å². The van der Waals surface area contributed by atoms with E-state index < -0.39 is 21.6 Å². The number of carbonyl (C=O) groups is 1. The minimum absolute atomic E-state index is 0.0299. The number of hydrogen-bond donors (Lipinski definition) is 1. The van der Waals surface area contributed by atoms with Gasteiger partial charge in [0.25, 0.3) is 10.0 Å². The number of sulfonamides is 1. The Morgan fingerprint density at radius 3 is 2.66 bits per heavy atom. The standard InChI is InChI=1S/C21H23FN2O3S2/c22-16-7-5-6-15(12-16)14-24-18-10-11-28-21(18)20(25)19(29(24,26)27)13-23-17-8-3-1-2-4-9-17/h5-7,10-13,17,23H,1-4,8-9,14H2/b19-13-. The van der Waals surface area contributed by atoms with E-state index in [0.717, 1.165) is 25.7 Å². The largest absolute Gasteiger partial charge is 0.387 e. The molecular weight excluding hydrogens is 411 g/mol. The number of benzene rings is 1. The molecule has 1 aliphatic carbocycles. The van der Waals surface area contributed by atoms with E-state index in [1.54, 1.807) is 23.6 Å². The number of rotatable bonds is 4. The average Bonchev–Trinajstić information content (AvgIpc) is 3.02. The summed E-state index contributed by atoms with van der Waals surface area (Å²) in [5, 5.41) is 4.90. The Bertz CT molecular complexity index is 1040. The first kappa shape index (κ1) is 20.1. The molecular formula is C21H23FN2O3S2. The number of carbonyl (C=O) groups excluding carboxylic acids is 1. The summed E-state index contributed by atoms with van der Waals surface area (Å²) < 4.78 is 41.5. The number of allylic oxidation sites excluding steroid dienone is 1. The highest BCUT2D eigenvalue weighted by Gasteiger charge is 2.41. The lowest BCUT2D eigenvalue weighted by Crippen LogP contribution is -2.39. The fourth-order valence-electron chi connectivity index (χ4n) is 3.90. The summed E-state index contributed by atoms with van der Waals surface area (Å²) in [6.07, 6.45) is 7.89. The second kappa shape index (κ2) is 8.28. The molecule has 1 fully saturated rings. The van der Waals surface area contributed by atoms with Gasteiger partial charge in [-0.2, -0.15) is 0 Å². The average molecular weight is 435 g/mol. The van der Waals surface area contributed by atoms with E-state index in [1.165, 1.54) is 46.8 Å². The zero-order valence-corrected chi connectivity index (χ0v) is 17.6. The Kier molecular flexibility index (Phi) is 5.74. The minimum atomic E-state index is -4.05. The van der Waals surface area contributed by atoms with Crippen molar-refractivity contribution >= 4 is 32.8 Å². The fourth-order valence-corrected chi connectivity index (χ4v) is 6.39. The van der Waals surface area contributed by atoms with E-state index in [9.17, 15) is 17.6 Å². The third kappa shape index (κ3) is 4.09. The van der Waals surface area contributed by atoms with Gasteiger partial charge in [-0.05, 0) is 42.0 Å². The molecule has 4 rings (SSSR count). The summed E-state index contributed by atoms with van der Waals surface area (Å²) in [4.78, 5) is 13.1. The normalized spacial score (nSPS) is 21.1. The monoisotopic (exact) mass is 434 g/mol. The molecule has 5 nitrogen and oxygen atoms in total. The van der Waals surface area contributed by atoms with E-state index >= 15 is 0 Å². The highest BCUT2D eigenvalue weighted by atomic mass is 32.2. The van der Waals surface area contributed by atoms with Gasteiger partial charge in [-0.15, -0.1) is 11.3 Å². The zero-order chi connectivity index (χ0) is 20.4. The van der Waals surface area contributed by atoms with Crippen molar-refractivity contribution in [3.63, 3.8) is 0 Å². The summed E-state index contributed by atoms with van der Waals surface area (Å²) in [6, 6.07) is 7.65. The Balaban J connectivity index is 1.68. The third-order valence-corrected chi connectivity index (χ3v) is 8.10. The molecule has 0 bridgehead atoms. The quantitative estimate of drug-likeness (QED) is 0.565. The SMILES string of the molecule is O=C1/C(=C/NC2CCCCCC2)S(=O)(=O)N(Cc2cccc(F)c2)c2ccsc21. The van der Waals surface area contributed by atoms with Crippen LogP contribution in [0.5, 0.6) is 0 Å². The van der Waals surface area contributed by atoms with Gasteiger partial charge in [0.2, 0.25) is 5.78 Å². The number of thiophene rings is 1. The molecule has 154 valence electrons. The number of anilines is 1. The molecule has 2 heterocycles. The van der Waals surface area contributed by atoms with Crippen LogP contribution in [0.1, 0.15) is 53.8 Å². The van der Waals surface area contributed by atoms with Gasteiger partial charge in [0.15, 0.2) is 4.91 Å². The smallest absolute Gasteiger partial charge is 0.270 e. The van der Waals surface area contributed by atoms with Crippen LogP contribution in [-0.2, 0) is 16.6 Å². The summed E-state index contributed by atoms with van der Waals surface area (Å²) >= 11 is 1.22. The fraction of sp³-hybridized carbons (Fsp3) is 0.381. The Morgan fingerprint density at radius 1 is 1.17 bits per heavy atom. The lowest BCUT2D eigenvalue weighted by molar-refractivity contribution is 0.104. The van der Waals surface area contributed by atoms with E-state index in [0.29, 0.717) is 16.1 Å². The van der Waals surface area contributed by atoms with Crippen LogP contribution in [0.2, 0.25) is 0 Å². The molecule has 8 heteroatoms. The molecule has 0 radical (unpaired) electrons. The molecule has 1 aromatic heterocycles.